The monoisotopic (exact) mass is 494 g/mol. The molecule has 6 heteroatoms. The van der Waals surface area contributed by atoms with Gasteiger partial charge in [-0.3, -0.25) is 4.79 Å². The zero-order valence-corrected chi connectivity index (χ0v) is 20.4. The van der Waals surface area contributed by atoms with Gasteiger partial charge in [0.05, 0.1) is 5.56 Å². The van der Waals surface area contributed by atoms with Crippen molar-refractivity contribution in [3.05, 3.63) is 94.8 Å². The van der Waals surface area contributed by atoms with E-state index in [2.05, 4.69) is 24.3 Å². The molecule has 3 aromatic carbocycles. The van der Waals surface area contributed by atoms with Crippen LogP contribution in [0, 0.1) is 23.1 Å². The number of carbonyl (C=O) groups is 2. The maximum atomic E-state index is 14.1. The Bertz CT molecular complexity index is 1370. The average Bonchev–Trinajstić information content (AvgIpc) is 3.24. The third kappa shape index (κ3) is 4.09. The maximum Gasteiger partial charge on any atom is 0.410 e. The Balaban J connectivity index is 1.16. The minimum Gasteiger partial charge on any atom is -0.448 e. The molecule has 0 N–H and O–H groups in total. The summed E-state index contributed by atoms with van der Waals surface area (Å²) in [5, 5.41) is 8.97. The lowest BCUT2D eigenvalue weighted by molar-refractivity contribution is 0.00650. The van der Waals surface area contributed by atoms with Gasteiger partial charge >= 0.3 is 6.09 Å². The molecule has 3 aliphatic rings. The van der Waals surface area contributed by atoms with Crippen molar-refractivity contribution >= 4 is 11.9 Å². The number of nitrogens with zero attached hydrogens (tertiary/aromatic N) is 2. The van der Waals surface area contributed by atoms with Crippen LogP contribution in [0.25, 0.3) is 11.1 Å². The number of amides is 1. The van der Waals surface area contributed by atoms with Gasteiger partial charge in [-0.25, -0.2) is 9.18 Å². The lowest BCUT2D eigenvalue weighted by atomic mass is 9.76. The van der Waals surface area contributed by atoms with E-state index in [-0.39, 0.29) is 53.5 Å². The normalized spacial score (nSPS) is 22.1. The minimum atomic E-state index is -0.676. The largest absolute Gasteiger partial charge is 0.448 e. The van der Waals surface area contributed by atoms with Crippen LogP contribution >= 0.6 is 0 Å². The maximum absolute atomic E-state index is 14.1. The summed E-state index contributed by atoms with van der Waals surface area (Å²) in [4.78, 5) is 28.5. The number of nitriles is 1. The molecule has 1 amide bonds. The van der Waals surface area contributed by atoms with Gasteiger partial charge in [-0.1, -0.05) is 48.5 Å². The van der Waals surface area contributed by atoms with E-state index in [0.29, 0.717) is 12.8 Å². The summed E-state index contributed by atoms with van der Waals surface area (Å²) >= 11 is 0. The third-order valence-electron chi connectivity index (χ3n) is 8.27. The first-order valence-corrected chi connectivity index (χ1v) is 12.9. The van der Waals surface area contributed by atoms with Crippen molar-refractivity contribution in [3.63, 3.8) is 0 Å². The van der Waals surface area contributed by atoms with Crippen molar-refractivity contribution in [1.29, 1.82) is 5.26 Å². The van der Waals surface area contributed by atoms with E-state index < -0.39 is 5.82 Å². The Morgan fingerprint density at radius 2 is 1.57 bits per heavy atom. The van der Waals surface area contributed by atoms with Gasteiger partial charge in [-0.05, 0) is 72.6 Å². The van der Waals surface area contributed by atoms with Crippen LogP contribution in [0.1, 0.15) is 65.1 Å². The summed E-state index contributed by atoms with van der Waals surface area (Å²) in [6.45, 7) is 0.273. The molecular weight excluding hydrogens is 467 g/mol. The molecule has 5 nitrogen and oxygen atoms in total. The summed E-state index contributed by atoms with van der Waals surface area (Å²) < 4.78 is 20.1. The molecule has 2 bridgehead atoms. The van der Waals surface area contributed by atoms with Gasteiger partial charge < -0.3 is 9.64 Å². The van der Waals surface area contributed by atoms with Crippen molar-refractivity contribution < 1.29 is 18.7 Å². The fraction of sp³-hybridized carbons (Fsp3) is 0.323. The number of halogens is 1. The predicted octanol–water partition coefficient (Wildman–Crippen LogP) is 6.46. The second-order valence-electron chi connectivity index (χ2n) is 10.3. The molecule has 0 spiro atoms. The van der Waals surface area contributed by atoms with E-state index in [9.17, 15) is 14.0 Å². The van der Waals surface area contributed by atoms with Gasteiger partial charge in [0.2, 0.25) is 0 Å². The zero-order chi connectivity index (χ0) is 25.5. The predicted molar refractivity (Wildman–Crippen MR) is 137 cm³/mol. The average molecular weight is 495 g/mol. The van der Waals surface area contributed by atoms with E-state index >= 15 is 0 Å². The molecule has 2 fully saturated rings. The SMILES string of the molecule is N#Cc1ccc(C(=O)C2CC3CCCC(C2)N3C(=O)OCC2c3ccccc3-c3ccccc32)cc1F. The van der Waals surface area contributed by atoms with Crippen LogP contribution in [-0.4, -0.2) is 35.5 Å². The standard InChI is InChI=1S/C31H27FN2O3/c32-29-16-19(12-13-20(29)17-33)30(35)21-14-22-6-5-7-23(15-21)34(22)31(36)37-18-28-26-10-3-1-8-24(26)25-9-2-4-11-27(25)28/h1-4,8-13,16,21-23,28H,5-7,14-15,18H2. The van der Waals surface area contributed by atoms with E-state index in [1.54, 1.807) is 6.07 Å². The molecule has 37 heavy (non-hydrogen) atoms. The summed E-state index contributed by atoms with van der Waals surface area (Å²) in [6, 6.07) is 22.2. The first-order chi connectivity index (χ1) is 18.0. The summed E-state index contributed by atoms with van der Waals surface area (Å²) in [7, 11) is 0. The summed E-state index contributed by atoms with van der Waals surface area (Å²) in [6.07, 6.45) is 3.43. The van der Waals surface area contributed by atoms with E-state index in [1.165, 1.54) is 34.4 Å². The number of hydrogen-bond donors (Lipinski definition) is 0. The molecule has 2 saturated heterocycles. The molecule has 0 aromatic heterocycles. The number of benzene rings is 3. The number of carbonyl (C=O) groups excluding carboxylic acids is 2. The molecule has 186 valence electrons. The molecule has 0 saturated carbocycles. The van der Waals surface area contributed by atoms with Crippen molar-refractivity contribution in [2.24, 2.45) is 5.92 Å². The van der Waals surface area contributed by atoms with Crippen molar-refractivity contribution in [2.45, 2.75) is 50.1 Å². The topological polar surface area (TPSA) is 70.4 Å². The van der Waals surface area contributed by atoms with Crippen molar-refractivity contribution in [3.8, 4) is 17.2 Å². The van der Waals surface area contributed by atoms with Crippen molar-refractivity contribution in [2.75, 3.05) is 6.61 Å². The summed E-state index contributed by atoms with van der Waals surface area (Å²) in [5.74, 6) is -1.07. The highest BCUT2D eigenvalue weighted by atomic mass is 19.1. The fourth-order valence-electron chi connectivity index (χ4n) is 6.56. The fourth-order valence-corrected chi connectivity index (χ4v) is 6.56. The molecule has 2 atom stereocenters. The van der Waals surface area contributed by atoms with Gasteiger partial charge in [-0.15, -0.1) is 0 Å². The first-order valence-electron chi connectivity index (χ1n) is 12.9. The lowest BCUT2D eigenvalue weighted by Gasteiger charge is -2.47. The van der Waals surface area contributed by atoms with Crippen LogP contribution < -0.4 is 0 Å². The molecule has 3 aromatic rings. The van der Waals surface area contributed by atoms with Crippen LogP contribution in [0.2, 0.25) is 0 Å². The Morgan fingerprint density at radius 3 is 2.16 bits per heavy atom. The number of piperidine rings is 2. The molecule has 2 unspecified atom stereocenters. The first kappa shape index (κ1) is 23.4. The number of ketones is 1. The highest BCUT2D eigenvalue weighted by Gasteiger charge is 2.44. The molecule has 6 rings (SSSR count). The summed E-state index contributed by atoms with van der Waals surface area (Å²) in [5.41, 5.74) is 4.95. The smallest absolute Gasteiger partial charge is 0.410 e. The van der Waals surface area contributed by atoms with Gasteiger partial charge in [-0.2, -0.15) is 5.26 Å². The van der Waals surface area contributed by atoms with E-state index in [1.807, 2.05) is 29.2 Å². The van der Waals surface area contributed by atoms with Crippen LogP contribution in [0.15, 0.2) is 66.7 Å². The third-order valence-corrected chi connectivity index (χ3v) is 8.27. The van der Waals surface area contributed by atoms with Crippen molar-refractivity contribution in [1.82, 2.24) is 4.90 Å². The second kappa shape index (κ2) is 9.48. The Morgan fingerprint density at radius 1 is 0.946 bits per heavy atom. The number of rotatable bonds is 4. The minimum absolute atomic E-state index is 0.00147. The Labute approximate surface area is 215 Å². The molecule has 2 heterocycles. The van der Waals surface area contributed by atoms with Crippen LogP contribution in [-0.2, 0) is 4.74 Å². The molecular formula is C31H27FN2O3. The quantitative estimate of drug-likeness (QED) is 0.390. The molecule has 0 radical (unpaired) electrons. The van der Waals surface area contributed by atoms with E-state index in [4.69, 9.17) is 10.00 Å². The van der Waals surface area contributed by atoms with Gasteiger partial charge in [0.15, 0.2) is 5.78 Å². The Kier molecular flexibility index (Phi) is 6.00. The lowest BCUT2D eigenvalue weighted by Crippen LogP contribution is -2.55. The molecule has 2 aliphatic heterocycles. The number of hydrogen-bond acceptors (Lipinski definition) is 4. The zero-order valence-electron chi connectivity index (χ0n) is 20.4. The number of ether oxygens (including phenoxy) is 1. The van der Waals surface area contributed by atoms with Crippen LogP contribution in [0.4, 0.5) is 9.18 Å². The van der Waals surface area contributed by atoms with Gasteiger partial charge in [0, 0.05) is 29.5 Å². The molecule has 1 aliphatic carbocycles. The van der Waals surface area contributed by atoms with Crippen LogP contribution in [0.3, 0.4) is 0 Å². The number of Topliss-reactive ketones (excluding diaryl/α,β-unsaturated/α-hetero) is 1. The Hall–Kier alpha value is -3.98. The van der Waals surface area contributed by atoms with Gasteiger partial charge in [0.1, 0.15) is 18.5 Å². The van der Waals surface area contributed by atoms with Crippen LogP contribution in [0.5, 0.6) is 0 Å². The van der Waals surface area contributed by atoms with E-state index in [0.717, 1.165) is 25.3 Å². The van der Waals surface area contributed by atoms with Gasteiger partial charge in [0.25, 0.3) is 0 Å². The highest BCUT2D eigenvalue weighted by Crippen LogP contribution is 2.45. The highest BCUT2D eigenvalue weighted by molar-refractivity contribution is 5.98. The second-order valence-corrected chi connectivity index (χ2v) is 10.3. The number of fused-ring (bicyclic) bond motifs is 5.